The third-order valence-electron chi connectivity index (χ3n) is 7.13. The zero-order chi connectivity index (χ0) is 30.1. The van der Waals surface area contributed by atoms with Gasteiger partial charge in [0.1, 0.15) is 0 Å². The number of hydrogen-bond acceptors (Lipinski definition) is 6. The molecule has 212 valence electrons. The van der Waals surface area contributed by atoms with Gasteiger partial charge in [0.05, 0.1) is 37.1 Å². The molecule has 4 aromatic rings. The maximum Gasteiger partial charge on any atom is 0.270 e. The first-order valence-corrected chi connectivity index (χ1v) is 13.5. The van der Waals surface area contributed by atoms with E-state index < -0.39 is 33.7 Å². The van der Waals surface area contributed by atoms with E-state index in [0.29, 0.717) is 23.4 Å². The van der Waals surface area contributed by atoms with Gasteiger partial charge in [-0.25, -0.2) is 0 Å². The zero-order valence-corrected chi connectivity index (χ0v) is 23.5. The first kappa shape index (κ1) is 28.7. The topological polar surface area (TPSA) is 127 Å². The van der Waals surface area contributed by atoms with E-state index in [1.165, 1.54) is 24.3 Å². The van der Waals surface area contributed by atoms with Crippen molar-refractivity contribution in [3.63, 3.8) is 0 Å². The van der Waals surface area contributed by atoms with Crippen molar-refractivity contribution in [1.29, 1.82) is 0 Å². The van der Waals surface area contributed by atoms with Gasteiger partial charge >= 0.3 is 0 Å². The van der Waals surface area contributed by atoms with E-state index >= 15 is 0 Å². The molecule has 5 rings (SSSR count). The highest BCUT2D eigenvalue weighted by Crippen LogP contribution is 2.44. The first-order valence-electron chi connectivity index (χ1n) is 12.8. The van der Waals surface area contributed by atoms with Gasteiger partial charge in [-0.15, -0.1) is 0 Å². The van der Waals surface area contributed by atoms with E-state index in [9.17, 15) is 29.8 Å². The van der Waals surface area contributed by atoms with Gasteiger partial charge in [0.2, 0.25) is 0 Å². The number of benzene rings is 4. The summed E-state index contributed by atoms with van der Waals surface area (Å²) < 4.78 is 0. The largest absolute Gasteiger partial charge is 0.305 e. The van der Waals surface area contributed by atoms with Gasteiger partial charge in [0.25, 0.3) is 23.2 Å². The summed E-state index contributed by atoms with van der Waals surface area (Å²) in [6.45, 7) is 1.84. The monoisotopic (exact) mass is 604 g/mol. The Labute approximate surface area is 250 Å². The van der Waals surface area contributed by atoms with Crippen molar-refractivity contribution in [3.8, 4) is 0 Å². The number of carbonyl (C=O) groups excluding carboxylic acids is 2. The van der Waals surface area contributed by atoms with Crippen LogP contribution in [0.2, 0.25) is 10.0 Å². The number of non-ortho nitro benzene ring substituents is 2. The van der Waals surface area contributed by atoms with E-state index in [4.69, 9.17) is 23.2 Å². The van der Waals surface area contributed by atoms with Crippen molar-refractivity contribution in [1.82, 2.24) is 0 Å². The number of rotatable bonds is 6. The normalized spacial score (nSPS) is 15.9. The van der Waals surface area contributed by atoms with Crippen LogP contribution in [-0.4, -0.2) is 27.7 Å². The predicted molar refractivity (Wildman–Crippen MR) is 160 cm³/mol. The summed E-state index contributed by atoms with van der Waals surface area (Å²) in [5.41, 5.74) is 1.52. The SMILES string of the molecule is C[C@@H]1C[C@H](N(C(=O)c2ccc([N+](=O)[O-])cc2Cl)c2ccccc2)c2ccccc2N1C(=O)c1ccc([N+](=O)[O-])cc1Cl. The van der Waals surface area contributed by atoms with Crippen LogP contribution >= 0.6 is 23.2 Å². The lowest BCUT2D eigenvalue weighted by Gasteiger charge is -2.43. The molecule has 0 radical (unpaired) electrons. The summed E-state index contributed by atoms with van der Waals surface area (Å²) in [5.74, 6) is -0.907. The number of nitrogens with zero attached hydrogens (tertiary/aromatic N) is 4. The molecular formula is C30H22Cl2N4O6. The molecule has 0 N–H and O–H groups in total. The molecule has 0 saturated heterocycles. The molecule has 12 heteroatoms. The highest BCUT2D eigenvalue weighted by Gasteiger charge is 2.40. The molecule has 1 heterocycles. The number of amides is 2. The van der Waals surface area contributed by atoms with E-state index in [1.807, 2.05) is 19.1 Å². The molecule has 0 aliphatic carbocycles. The van der Waals surface area contributed by atoms with Crippen molar-refractivity contribution in [3.05, 3.63) is 138 Å². The van der Waals surface area contributed by atoms with Crippen LogP contribution in [0.5, 0.6) is 0 Å². The fourth-order valence-corrected chi connectivity index (χ4v) is 5.72. The second-order valence-corrected chi connectivity index (χ2v) is 10.5. The molecule has 10 nitrogen and oxygen atoms in total. The first-order chi connectivity index (χ1) is 20.1. The van der Waals surface area contributed by atoms with Crippen LogP contribution in [0.1, 0.15) is 45.7 Å². The van der Waals surface area contributed by atoms with Crippen LogP contribution in [0, 0.1) is 20.2 Å². The smallest absolute Gasteiger partial charge is 0.270 e. The second-order valence-electron chi connectivity index (χ2n) is 9.69. The molecule has 1 aliphatic rings. The Hall–Kier alpha value is -4.80. The fourth-order valence-electron chi connectivity index (χ4n) is 5.20. The Bertz CT molecular complexity index is 1730. The van der Waals surface area contributed by atoms with Gasteiger partial charge in [-0.2, -0.15) is 0 Å². The lowest BCUT2D eigenvalue weighted by molar-refractivity contribution is -0.385. The van der Waals surface area contributed by atoms with Crippen LogP contribution in [-0.2, 0) is 0 Å². The number of para-hydroxylation sites is 2. The Morgan fingerprint density at radius 1 is 0.810 bits per heavy atom. The maximum atomic E-state index is 14.2. The quantitative estimate of drug-likeness (QED) is 0.164. The minimum atomic E-state index is -0.587. The lowest BCUT2D eigenvalue weighted by atomic mass is 9.89. The molecule has 0 spiro atoms. The molecule has 0 bridgehead atoms. The molecule has 0 saturated carbocycles. The zero-order valence-electron chi connectivity index (χ0n) is 22.0. The molecule has 0 aromatic heterocycles. The van der Waals surface area contributed by atoms with Crippen LogP contribution in [0.15, 0.2) is 91.0 Å². The molecule has 1 aliphatic heterocycles. The molecule has 2 atom stereocenters. The van der Waals surface area contributed by atoms with Crippen molar-refractivity contribution < 1.29 is 19.4 Å². The highest BCUT2D eigenvalue weighted by atomic mass is 35.5. The average Bonchev–Trinajstić information content (AvgIpc) is 2.97. The van der Waals surface area contributed by atoms with Gasteiger partial charge < -0.3 is 9.80 Å². The third kappa shape index (κ3) is 5.29. The van der Waals surface area contributed by atoms with Gasteiger partial charge in [0.15, 0.2) is 0 Å². The number of anilines is 2. The van der Waals surface area contributed by atoms with Crippen LogP contribution in [0.3, 0.4) is 0 Å². The highest BCUT2D eigenvalue weighted by molar-refractivity contribution is 6.35. The summed E-state index contributed by atoms with van der Waals surface area (Å²) in [6.07, 6.45) is 0.318. The van der Waals surface area contributed by atoms with Crippen molar-refractivity contribution in [2.24, 2.45) is 0 Å². The Morgan fingerprint density at radius 3 is 1.93 bits per heavy atom. The summed E-state index contributed by atoms with van der Waals surface area (Å²) >= 11 is 12.7. The second kappa shape index (κ2) is 11.6. The predicted octanol–water partition coefficient (Wildman–Crippen LogP) is 7.64. The summed E-state index contributed by atoms with van der Waals surface area (Å²) in [4.78, 5) is 52.4. The Kier molecular flexibility index (Phi) is 7.93. The number of nitro benzene ring substituents is 2. The molecule has 2 amide bonds. The van der Waals surface area contributed by atoms with Crippen molar-refractivity contribution in [2.45, 2.75) is 25.4 Å². The number of hydrogen-bond donors (Lipinski definition) is 0. The Morgan fingerprint density at radius 2 is 1.36 bits per heavy atom. The van der Waals surface area contributed by atoms with E-state index in [-0.39, 0.29) is 32.5 Å². The summed E-state index contributed by atoms with van der Waals surface area (Å²) in [6, 6.07) is 22.5. The van der Waals surface area contributed by atoms with Crippen LogP contribution < -0.4 is 9.80 Å². The van der Waals surface area contributed by atoms with E-state index in [1.54, 1.807) is 52.3 Å². The molecular weight excluding hydrogens is 583 g/mol. The summed E-state index contributed by atoms with van der Waals surface area (Å²) in [5, 5.41) is 22.3. The van der Waals surface area contributed by atoms with Crippen molar-refractivity contribution in [2.75, 3.05) is 9.80 Å². The molecule has 4 aromatic carbocycles. The lowest BCUT2D eigenvalue weighted by Crippen LogP contribution is -2.48. The average molecular weight is 605 g/mol. The van der Waals surface area contributed by atoms with Gasteiger partial charge in [-0.05, 0) is 49.2 Å². The summed E-state index contributed by atoms with van der Waals surface area (Å²) in [7, 11) is 0. The fraction of sp³-hybridized carbons (Fsp3) is 0.133. The Balaban J connectivity index is 1.60. The maximum absolute atomic E-state index is 14.2. The minimum absolute atomic E-state index is 0.0464. The van der Waals surface area contributed by atoms with E-state index in [2.05, 4.69) is 0 Å². The molecule has 0 unspecified atom stereocenters. The van der Waals surface area contributed by atoms with Gasteiger partial charge in [-0.3, -0.25) is 29.8 Å². The number of nitro groups is 2. The standard InChI is InChI=1S/C30H22Cl2N4O6/c1-18-15-28(34(19-7-3-2-4-8-19)30(38)23-14-12-21(36(41)42)17-26(23)32)24-9-5-6-10-27(24)33(18)29(37)22-13-11-20(35(39)40)16-25(22)31/h2-14,16-18,28H,15H2,1H3/t18-,28+/m1/s1. The number of halogens is 2. The van der Waals surface area contributed by atoms with E-state index in [0.717, 1.165) is 12.1 Å². The van der Waals surface area contributed by atoms with Gasteiger partial charge in [0, 0.05) is 41.7 Å². The van der Waals surface area contributed by atoms with Crippen molar-refractivity contribution >= 4 is 57.8 Å². The third-order valence-corrected chi connectivity index (χ3v) is 7.76. The minimum Gasteiger partial charge on any atom is -0.305 e. The van der Waals surface area contributed by atoms with Crippen LogP contribution in [0.4, 0.5) is 22.7 Å². The number of carbonyl (C=O) groups is 2. The number of fused-ring (bicyclic) bond motifs is 1. The molecule has 42 heavy (non-hydrogen) atoms. The van der Waals surface area contributed by atoms with Crippen LogP contribution in [0.25, 0.3) is 0 Å². The molecule has 0 fully saturated rings. The van der Waals surface area contributed by atoms with Gasteiger partial charge in [-0.1, -0.05) is 59.6 Å².